The molecule has 2 atom stereocenters. The molecule has 0 saturated heterocycles. The van der Waals surface area contributed by atoms with Crippen molar-refractivity contribution in [1.82, 2.24) is 5.32 Å². The molecule has 1 rings (SSSR count). The second-order valence-corrected chi connectivity index (χ2v) is 5.48. The zero-order valence-corrected chi connectivity index (χ0v) is 13.4. The first-order chi connectivity index (χ1) is 10.1. The van der Waals surface area contributed by atoms with Crippen LogP contribution in [0.1, 0.15) is 45.6 Å². The Labute approximate surface area is 128 Å². The highest BCUT2D eigenvalue weighted by Crippen LogP contribution is 2.14. The topological polar surface area (TPSA) is 64.3 Å². The summed E-state index contributed by atoms with van der Waals surface area (Å²) in [4.78, 5) is 11.9. The maximum absolute atomic E-state index is 11.9. The molecule has 1 amide bonds. The number of nitrogens with one attached hydrogen (secondary N) is 1. The van der Waals surface area contributed by atoms with Crippen LogP contribution in [0.25, 0.3) is 0 Å². The van der Waals surface area contributed by atoms with E-state index in [1.807, 2.05) is 38.1 Å². The molecule has 0 aromatic heterocycles. The van der Waals surface area contributed by atoms with Crippen LogP contribution in [0.15, 0.2) is 24.3 Å². The van der Waals surface area contributed by atoms with Crippen molar-refractivity contribution in [2.24, 2.45) is 11.7 Å². The Kier molecular flexibility index (Phi) is 7.83. The van der Waals surface area contributed by atoms with Gasteiger partial charge in [-0.2, -0.15) is 0 Å². The molecule has 0 aliphatic rings. The minimum atomic E-state index is -0.445. The lowest BCUT2D eigenvalue weighted by Crippen LogP contribution is -2.44. The molecule has 118 valence electrons. The van der Waals surface area contributed by atoms with Crippen LogP contribution in [0.4, 0.5) is 0 Å². The van der Waals surface area contributed by atoms with Crippen molar-refractivity contribution in [3.63, 3.8) is 0 Å². The van der Waals surface area contributed by atoms with Crippen LogP contribution in [-0.2, 0) is 11.3 Å². The van der Waals surface area contributed by atoms with Crippen molar-refractivity contribution in [1.29, 1.82) is 0 Å². The van der Waals surface area contributed by atoms with Gasteiger partial charge in [0, 0.05) is 6.54 Å². The normalized spacial score (nSPS) is 13.5. The molecular formula is C17H28N2O2. The number of carbonyl (C=O) groups is 1. The molecule has 0 spiro atoms. The Morgan fingerprint density at radius 1 is 1.38 bits per heavy atom. The average Bonchev–Trinajstić information content (AvgIpc) is 2.51. The van der Waals surface area contributed by atoms with Gasteiger partial charge in [-0.15, -0.1) is 0 Å². The molecule has 1 aromatic rings. The van der Waals surface area contributed by atoms with Gasteiger partial charge in [-0.3, -0.25) is 4.79 Å². The van der Waals surface area contributed by atoms with Crippen molar-refractivity contribution in [2.75, 3.05) is 6.61 Å². The summed E-state index contributed by atoms with van der Waals surface area (Å²) in [5, 5.41) is 2.89. The second-order valence-electron chi connectivity index (χ2n) is 5.48. The number of benzene rings is 1. The Balaban J connectivity index is 2.48. The summed E-state index contributed by atoms with van der Waals surface area (Å²) in [5.74, 6) is 0.941. The molecule has 0 radical (unpaired) electrons. The van der Waals surface area contributed by atoms with Gasteiger partial charge >= 0.3 is 0 Å². The number of hydrogen-bond donors (Lipinski definition) is 2. The van der Waals surface area contributed by atoms with E-state index in [-0.39, 0.29) is 11.8 Å². The number of hydrogen-bond acceptors (Lipinski definition) is 3. The Hall–Kier alpha value is -1.55. The second kappa shape index (κ2) is 9.40. The highest BCUT2D eigenvalue weighted by Gasteiger charge is 2.18. The first-order valence-electron chi connectivity index (χ1n) is 7.83. The highest BCUT2D eigenvalue weighted by molar-refractivity contribution is 5.81. The Morgan fingerprint density at radius 3 is 2.81 bits per heavy atom. The molecule has 2 unspecified atom stereocenters. The molecule has 1 aromatic carbocycles. The zero-order chi connectivity index (χ0) is 15.7. The number of carbonyl (C=O) groups excluding carboxylic acids is 1. The van der Waals surface area contributed by atoms with E-state index in [2.05, 4.69) is 12.2 Å². The lowest BCUT2D eigenvalue weighted by molar-refractivity contribution is -0.123. The van der Waals surface area contributed by atoms with E-state index < -0.39 is 6.04 Å². The third kappa shape index (κ3) is 6.17. The summed E-state index contributed by atoms with van der Waals surface area (Å²) in [6.45, 7) is 7.37. The van der Waals surface area contributed by atoms with Crippen LogP contribution < -0.4 is 15.8 Å². The third-order valence-corrected chi connectivity index (χ3v) is 3.69. The van der Waals surface area contributed by atoms with E-state index in [4.69, 9.17) is 10.5 Å². The fourth-order valence-corrected chi connectivity index (χ4v) is 1.90. The van der Waals surface area contributed by atoms with Crippen LogP contribution in [0.5, 0.6) is 5.75 Å². The van der Waals surface area contributed by atoms with Crippen LogP contribution in [0, 0.1) is 5.92 Å². The fourth-order valence-electron chi connectivity index (χ4n) is 1.90. The number of nitrogens with two attached hydrogens (primary N) is 1. The number of amides is 1. The van der Waals surface area contributed by atoms with E-state index in [0.29, 0.717) is 6.54 Å². The van der Waals surface area contributed by atoms with Crippen molar-refractivity contribution >= 4 is 5.91 Å². The third-order valence-electron chi connectivity index (χ3n) is 3.69. The van der Waals surface area contributed by atoms with Gasteiger partial charge in [0.25, 0.3) is 0 Å². The van der Waals surface area contributed by atoms with E-state index in [1.54, 1.807) is 0 Å². The molecule has 0 heterocycles. The van der Waals surface area contributed by atoms with E-state index in [9.17, 15) is 4.79 Å². The van der Waals surface area contributed by atoms with E-state index in [1.165, 1.54) is 0 Å². The maximum Gasteiger partial charge on any atom is 0.237 e. The maximum atomic E-state index is 11.9. The lowest BCUT2D eigenvalue weighted by atomic mass is 9.99. The molecular weight excluding hydrogens is 264 g/mol. The predicted octanol–water partition coefficient (Wildman–Crippen LogP) is 2.86. The smallest absolute Gasteiger partial charge is 0.237 e. The van der Waals surface area contributed by atoms with Gasteiger partial charge < -0.3 is 15.8 Å². The quantitative estimate of drug-likeness (QED) is 0.688. The SMILES string of the molecule is CCCCOc1cccc(CNC(=O)C(N)C(C)CC)c1. The predicted molar refractivity (Wildman–Crippen MR) is 86.1 cm³/mol. The number of ether oxygens (including phenoxy) is 1. The standard InChI is InChI=1S/C17H28N2O2/c1-4-6-10-21-15-9-7-8-14(11-15)12-19-17(20)16(18)13(3)5-2/h7-9,11,13,16H,4-6,10,12,18H2,1-3H3,(H,19,20). The molecule has 0 bridgehead atoms. The van der Waals surface area contributed by atoms with Gasteiger partial charge in [0.05, 0.1) is 12.6 Å². The van der Waals surface area contributed by atoms with Crippen molar-refractivity contribution in [3.8, 4) is 5.75 Å². The van der Waals surface area contributed by atoms with Crippen molar-refractivity contribution < 1.29 is 9.53 Å². The number of rotatable bonds is 9. The van der Waals surface area contributed by atoms with Gasteiger partial charge in [-0.05, 0) is 30.0 Å². The van der Waals surface area contributed by atoms with Crippen LogP contribution in [0.2, 0.25) is 0 Å². The monoisotopic (exact) mass is 292 g/mol. The minimum Gasteiger partial charge on any atom is -0.494 e. The van der Waals surface area contributed by atoms with Crippen molar-refractivity contribution in [3.05, 3.63) is 29.8 Å². The zero-order valence-electron chi connectivity index (χ0n) is 13.4. The fraction of sp³-hybridized carbons (Fsp3) is 0.588. The first-order valence-corrected chi connectivity index (χ1v) is 7.83. The summed E-state index contributed by atoms with van der Waals surface area (Å²) in [5.41, 5.74) is 6.93. The molecule has 3 N–H and O–H groups in total. The summed E-state index contributed by atoms with van der Waals surface area (Å²) in [6, 6.07) is 7.37. The molecule has 21 heavy (non-hydrogen) atoms. The van der Waals surface area contributed by atoms with Gasteiger partial charge in [-0.1, -0.05) is 45.7 Å². The molecule has 0 aliphatic carbocycles. The van der Waals surface area contributed by atoms with Crippen LogP contribution >= 0.6 is 0 Å². The summed E-state index contributed by atoms with van der Waals surface area (Å²) < 4.78 is 5.66. The average molecular weight is 292 g/mol. The molecule has 0 saturated carbocycles. The highest BCUT2D eigenvalue weighted by atomic mass is 16.5. The Morgan fingerprint density at radius 2 is 2.14 bits per heavy atom. The van der Waals surface area contributed by atoms with Crippen molar-refractivity contribution in [2.45, 2.75) is 52.6 Å². The molecule has 0 fully saturated rings. The molecule has 4 nitrogen and oxygen atoms in total. The van der Waals surface area contributed by atoms with Gasteiger partial charge in [-0.25, -0.2) is 0 Å². The molecule has 4 heteroatoms. The number of unbranched alkanes of at least 4 members (excludes halogenated alkanes) is 1. The summed E-state index contributed by atoms with van der Waals surface area (Å²) in [7, 11) is 0. The summed E-state index contributed by atoms with van der Waals surface area (Å²) in [6.07, 6.45) is 3.06. The summed E-state index contributed by atoms with van der Waals surface area (Å²) >= 11 is 0. The van der Waals surface area contributed by atoms with Crippen LogP contribution in [0.3, 0.4) is 0 Å². The van der Waals surface area contributed by atoms with Gasteiger partial charge in [0.1, 0.15) is 5.75 Å². The van der Waals surface area contributed by atoms with Gasteiger partial charge in [0.2, 0.25) is 5.91 Å². The first kappa shape index (κ1) is 17.5. The van der Waals surface area contributed by atoms with E-state index >= 15 is 0 Å². The molecule has 0 aliphatic heterocycles. The van der Waals surface area contributed by atoms with Gasteiger partial charge in [0.15, 0.2) is 0 Å². The lowest BCUT2D eigenvalue weighted by Gasteiger charge is -2.17. The largest absolute Gasteiger partial charge is 0.494 e. The van der Waals surface area contributed by atoms with E-state index in [0.717, 1.165) is 37.2 Å². The Bertz CT molecular complexity index is 435. The minimum absolute atomic E-state index is 0.0957. The van der Waals surface area contributed by atoms with Crippen LogP contribution in [-0.4, -0.2) is 18.6 Å².